The Balaban J connectivity index is 4.35. The van der Waals surface area contributed by atoms with Crippen molar-refractivity contribution in [2.45, 2.75) is 180 Å². The fourth-order valence-corrected chi connectivity index (χ4v) is 6.23. The zero-order valence-electron chi connectivity index (χ0n) is 33.8. The van der Waals surface area contributed by atoms with Crippen LogP contribution in [0.3, 0.4) is 0 Å². The van der Waals surface area contributed by atoms with E-state index in [2.05, 4.69) is 38.2 Å². The summed E-state index contributed by atoms with van der Waals surface area (Å²) in [6, 6.07) is 0. The molecule has 0 aromatic heterocycles. The largest absolute Gasteiger partial charge is 0.756 e. The van der Waals surface area contributed by atoms with Gasteiger partial charge in [0.15, 0.2) is 6.10 Å². The van der Waals surface area contributed by atoms with E-state index in [4.69, 9.17) is 18.5 Å². The van der Waals surface area contributed by atoms with E-state index in [1.54, 1.807) is 6.26 Å². The Hall–Kier alpha value is -1.44. The first-order valence-corrected chi connectivity index (χ1v) is 22.2. The predicted molar refractivity (Wildman–Crippen MR) is 212 cm³/mol. The van der Waals surface area contributed by atoms with Crippen molar-refractivity contribution in [1.29, 1.82) is 0 Å². The van der Waals surface area contributed by atoms with Crippen molar-refractivity contribution in [1.82, 2.24) is 0 Å². The molecule has 0 aliphatic rings. The molecule has 300 valence electrons. The van der Waals surface area contributed by atoms with Crippen LogP contribution in [0, 0.1) is 0 Å². The average molecular weight is 742 g/mol. The maximum absolute atomic E-state index is 12.6. The molecule has 0 radical (unpaired) electrons. The van der Waals surface area contributed by atoms with E-state index in [-0.39, 0.29) is 32.2 Å². The Morgan fingerprint density at radius 3 is 1.59 bits per heavy atom. The zero-order valence-corrected chi connectivity index (χ0v) is 34.7. The molecule has 2 atom stereocenters. The number of likely N-dealkylation sites (N-methyl/N-ethyl adjacent to an activating group) is 1. The fraction of sp³-hybridized carbons (Fsp3) is 0.833. The molecule has 0 N–H and O–H groups in total. The highest BCUT2D eigenvalue weighted by atomic mass is 31.2. The smallest absolute Gasteiger partial charge is 0.306 e. The third-order valence-corrected chi connectivity index (χ3v) is 9.75. The molecule has 0 aromatic carbocycles. The molecular formula is C42H80NO7P. The van der Waals surface area contributed by atoms with Gasteiger partial charge >= 0.3 is 5.97 Å². The number of hydrogen-bond donors (Lipinski definition) is 0. The third kappa shape index (κ3) is 39.6. The minimum absolute atomic E-state index is 0.0135. The van der Waals surface area contributed by atoms with Crippen LogP contribution in [0.4, 0.5) is 0 Å². The number of ether oxygens (including phenoxy) is 2. The van der Waals surface area contributed by atoms with Gasteiger partial charge in [-0.15, -0.1) is 0 Å². The Morgan fingerprint density at radius 1 is 0.627 bits per heavy atom. The topological polar surface area (TPSA) is 94.1 Å². The number of quaternary nitrogens is 1. The minimum Gasteiger partial charge on any atom is -0.756 e. The molecular weight excluding hydrogens is 661 g/mol. The van der Waals surface area contributed by atoms with Crippen LogP contribution in [0.2, 0.25) is 0 Å². The van der Waals surface area contributed by atoms with Crippen molar-refractivity contribution >= 4 is 13.8 Å². The van der Waals surface area contributed by atoms with Gasteiger partial charge in [-0.2, -0.15) is 0 Å². The first-order valence-electron chi connectivity index (χ1n) is 20.8. The van der Waals surface area contributed by atoms with Crippen LogP contribution in [0.1, 0.15) is 174 Å². The summed E-state index contributed by atoms with van der Waals surface area (Å²) in [4.78, 5) is 25.0. The van der Waals surface area contributed by atoms with Crippen LogP contribution in [-0.2, 0) is 27.9 Å². The van der Waals surface area contributed by atoms with Crippen LogP contribution in [0.15, 0.2) is 36.6 Å². The molecule has 0 saturated carbocycles. The molecule has 0 bridgehead atoms. The number of unbranched alkanes of at least 4 members (excludes halogenated alkanes) is 21. The van der Waals surface area contributed by atoms with E-state index < -0.39 is 13.9 Å². The van der Waals surface area contributed by atoms with Gasteiger partial charge in [0.1, 0.15) is 19.8 Å². The van der Waals surface area contributed by atoms with Crippen molar-refractivity contribution in [3.05, 3.63) is 36.6 Å². The molecule has 0 saturated heterocycles. The van der Waals surface area contributed by atoms with Gasteiger partial charge in [-0.3, -0.25) is 9.36 Å². The molecule has 0 aliphatic heterocycles. The van der Waals surface area contributed by atoms with Crippen LogP contribution in [-0.4, -0.2) is 64.1 Å². The van der Waals surface area contributed by atoms with E-state index in [0.29, 0.717) is 11.0 Å². The summed E-state index contributed by atoms with van der Waals surface area (Å²) in [5.74, 6) is -0.372. The van der Waals surface area contributed by atoms with Gasteiger partial charge in [0.05, 0.1) is 34.0 Å². The average Bonchev–Trinajstić information content (AvgIpc) is 3.08. The number of phosphoric ester groups is 1. The molecule has 0 heterocycles. The Kier molecular flexibility index (Phi) is 34.6. The van der Waals surface area contributed by atoms with E-state index in [9.17, 15) is 14.3 Å². The SMILES string of the molecule is CCCCCC/C=C/C=C/CCCCCCCC(=O)O[C@H](CO/C=C/CCCCCCCCCCCCCC)COP(=O)([O-])OCC[N+](C)(C)C. The highest BCUT2D eigenvalue weighted by Gasteiger charge is 2.20. The van der Waals surface area contributed by atoms with E-state index in [0.717, 1.165) is 57.8 Å². The monoisotopic (exact) mass is 742 g/mol. The van der Waals surface area contributed by atoms with E-state index in [1.807, 2.05) is 27.2 Å². The number of nitrogens with zero attached hydrogens (tertiary/aromatic N) is 1. The standard InChI is InChI=1S/C42H80NO7P/c1-6-8-10-12-14-16-18-20-22-23-25-27-29-31-33-35-42(44)50-41(40-49-51(45,46)48-38-36-43(3,4)5)39-47-37-34-32-30-28-26-24-21-19-17-15-13-11-9-7-2/h16,18,20,22,34,37,41H,6-15,17,19,21,23-33,35-36,38-40H2,1-5H3/b18-16+,22-20+,37-34+/t41-/m1/s1. The van der Waals surface area contributed by atoms with Gasteiger partial charge in [-0.25, -0.2) is 0 Å². The number of hydrogen-bond acceptors (Lipinski definition) is 7. The lowest BCUT2D eigenvalue weighted by molar-refractivity contribution is -0.870. The highest BCUT2D eigenvalue weighted by Crippen LogP contribution is 2.38. The number of carbonyl (C=O) groups is 1. The maximum atomic E-state index is 12.6. The molecule has 0 rings (SSSR count). The number of allylic oxidation sites excluding steroid dienone is 5. The van der Waals surface area contributed by atoms with Crippen molar-refractivity contribution < 1.29 is 37.3 Å². The second-order valence-electron chi connectivity index (χ2n) is 15.1. The van der Waals surface area contributed by atoms with Gasteiger partial charge in [0.2, 0.25) is 0 Å². The number of phosphoric acid groups is 1. The first kappa shape index (κ1) is 49.6. The second kappa shape index (κ2) is 35.6. The van der Waals surface area contributed by atoms with Crippen LogP contribution >= 0.6 is 7.82 Å². The molecule has 51 heavy (non-hydrogen) atoms. The van der Waals surface area contributed by atoms with Crippen molar-refractivity contribution in [2.24, 2.45) is 0 Å². The Bertz CT molecular complexity index is 915. The predicted octanol–water partition coefficient (Wildman–Crippen LogP) is 11.5. The summed E-state index contributed by atoms with van der Waals surface area (Å²) < 4.78 is 34.2. The van der Waals surface area contributed by atoms with Gasteiger partial charge in [0, 0.05) is 6.42 Å². The lowest BCUT2D eigenvalue weighted by Crippen LogP contribution is -2.37. The van der Waals surface area contributed by atoms with E-state index in [1.165, 1.54) is 96.3 Å². The van der Waals surface area contributed by atoms with Crippen molar-refractivity contribution in [2.75, 3.05) is 47.5 Å². The number of carbonyl (C=O) groups excluding carboxylic acids is 1. The molecule has 9 heteroatoms. The van der Waals surface area contributed by atoms with Gasteiger partial charge in [0.25, 0.3) is 7.82 Å². The molecule has 0 aromatic rings. The fourth-order valence-electron chi connectivity index (χ4n) is 5.50. The summed E-state index contributed by atoms with van der Waals surface area (Å²) in [7, 11) is 1.31. The minimum atomic E-state index is -4.54. The van der Waals surface area contributed by atoms with Crippen molar-refractivity contribution in [3.63, 3.8) is 0 Å². The first-order chi connectivity index (χ1) is 24.6. The number of rotatable bonds is 38. The summed E-state index contributed by atoms with van der Waals surface area (Å²) in [5.41, 5.74) is 0. The molecule has 0 fully saturated rings. The zero-order chi connectivity index (χ0) is 37.7. The van der Waals surface area contributed by atoms with Crippen LogP contribution in [0.25, 0.3) is 0 Å². The van der Waals surface area contributed by atoms with Gasteiger partial charge in [-0.1, -0.05) is 147 Å². The molecule has 0 amide bonds. The van der Waals surface area contributed by atoms with Crippen LogP contribution < -0.4 is 4.89 Å². The molecule has 8 nitrogen and oxygen atoms in total. The quantitative estimate of drug-likeness (QED) is 0.0155. The Morgan fingerprint density at radius 2 is 1.08 bits per heavy atom. The summed E-state index contributed by atoms with van der Waals surface area (Å²) >= 11 is 0. The third-order valence-electron chi connectivity index (χ3n) is 8.79. The van der Waals surface area contributed by atoms with Gasteiger partial charge in [-0.05, 0) is 51.0 Å². The highest BCUT2D eigenvalue weighted by molar-refractivity contribution is 7.45. The molecule has 1 unspecified atom stereocenters. The molecule has 0 spiro atoms. The number of esters is 1. The summed E-state index contributed by atoms with van der Waals surface area (Å²) in [5, 5.41) is 0. The Labute approximate surface area is 315 Å². The lowest BCUT2D eigenvalue weighted by atomic mass is 10.0. The van der Waals surface area contributed by atoms with E-state index >= 15 is 0 Å². The summed E-state index contributed by atoms with van der Waals surface area (Å²) in [6.07, 6.45) is 41.0. The van der Waals surface area contributed by atoms with Gasteiger partial charge < -0.3 is 27.9 Å². The normalized spacial score (nSPS) is 14.2. The summed E-state index contributed by atoms with van der Waals surface area (Å²) in [6.45, 7) is 4.69. The second-order valence-corrected chi connectivity index (χ2v) is 16.5. The maximum Gasteiger partial charge on any atom is 0.306 e. The van der Waals surface area contributed by atoms with Crippen molar-refractivity contribution in [3.8, 4) is 0 Å². The van der Waals surface area contributed by atoms with Crippen LogP contribution in [0.5, 0.6) is 0 Å². The lowest BCUT2D eigenvalue weighted by Gasteiger charge is -2.28. The molecule has 0 aliphatic carbocycles.